The van der Waals surface area contributed by atoms with E-state index in [1.165, 1.54) is 5.56 Å². The highest BCUT2D eigenvalue weighted by Gasteiger charge is 2.23. The van der Waals surface area contributed by atoms with E-state index >= 15 is 0 Å². The molecule has 0 amide bonds. The predicted octanol–water partition coefficient (Wildman–Crippen LogP) is 4.93. The first-order chi connectivity index (χ1) is 12.1. The third-order valence-corrected chi connectivity index (χ3v) is 5.50. The van der Waals surface area contributed by atoms with Crippen molar-refractivity contribution in [2.24, 2.45) is 5.92 Å². The van der Waals surface area contributed by atoms with E-state index in [1.807, 2.05) is 12.3 Å². The lowest BCUT2D eigenvalue weighted by Gasteiger charge is -2.34. The highest BCUT2D eigenvalue weighted by Crippen LogP contribution is 2.32. The summed E-state index contributed by atoms with van der Waals surface area (Å²) in [7, 11) is 0. The lowest BCUT2D eigenvalue weighted by atomic mass is 9.89. The molecule has 1 saturated heterocycles. The van der Waals surface area contributed by atoms with E-state index in [1.54, 1.807) is 4.57 Å². The Hall–Kier alpha value is -1.74. The van der Waals surface area contributed by atoms with Crippen molar-refractivity contribution in [3.8, 4) is 0 Å². The molecule has 0 saturated carbocycles. The quantitative estimate of drug-likeness (QED) is 0.757. The van der Waals surface area contributed by atoms with E-state index in [0.29, 0.717) is 16.9 Å². The van der Waals surface area contributed by atoms with Crippen LogP contribution >= 0.6 is 11.6 Å². The summed E-state index contributed by atoms with van der Waals surface area (Å²) in [5.74, 6) is 1.17. The molecule has 1 fully saturated rings. The lowest BCUT2D eigenvalue weighted by Crippen LogP contribution is -2.34. The van der Waals surface area contributed by atoms with Crippen LogP contribution in [-0.2, 0) is 6.54 Å². The van der Waals surface area contributed by atoms with Crippen molar-refractivity contribution < 1.29 is 0 Å². The van der Waals surface area contributed by atoms with Gasteiger partial charge in [0, 0.05) is 25.8 Å². The van der Waals surface area contributed by atoms with Crippen LogP contribution in [0.3, 0.4) is 0 Å². The monoisotopic (exact) mass is 358 g/mol. The second-order valence-corrected chi connectivity index (χ2v) is 7.75. The molecule has 0 radical (unpaired) electrons. The number of rotatable bonds is 5. The van der Waals surface area contributed by atoms with E-state index in [4.69, 9.17) is 11.6 Å². The highest BCUT2D eigenvalue weighted by molar-refractivity contribution is 6.33. The molecule has 1 aliphatic heterocycles. The van der Waals surface area contributed by atoms with Crippen LogP contribution in [0.1, 0.15) is 44.6 Å². The second kappa shape index (κ2) is 8.09. The minimum atomic E-state index is -0.0648. The minimum absolute atomic E-state index is 0.0648. The highest BCUT2D eigenvalue weighted by atomic mass is 35.5. The lowest BCUT2D eigenvalue weighted by molar-refractivity contribution is 0.500. The van der Waals surface area contributed by atoms with Crippen LogP contribution in [0, 0.1) is 5.92 Å². The van der Waals surface area contributed by atoms with E-state index in [2.05, 4.69) is 49.1 Å². The number of anilines is 1. The summed E-state index contributed by atoms with van der Waals surface area (Å²) in [5, 5.41) is 0.365. The zero-order valence-electron chi connectivity index (χ0n) is 15.1. The van der Waals surface area contributed by atoms with Crippen molar-refractivity contribution in [2.45, 2.75) is 45.6 Å². The van der Waals surface area contributed by atoms with Gasteiger partial charge in [0.15, 0.2) is 0 Å². The second-order valence-electron chi connectivity index (χ2n) is 7.37. The van der Waals surface area contributed by atoms with Crippen LogP contribution in [0.15, 0.2) is 47.4 Å². The van der Waals surface area contributed by atoms with Crippen LogP contribution in [0.25, 0.3) is 0 Å². The molecular weight excluding hydrogens is 332 g/mol. The van der Waals surface area contributed by atoms with Crippen LogP contribution in [0.5, 0.6) is 0 Å². The Morgan fingerprint density at radius 3 is 2.44 bits per heavy atom. The number of aryl methyl sites for hydroxylation is 1. The molecule has 2 heterocycles. The van der Waals surface area contributed by atoms with Crippen LogP contribution in [0.2, 0.25) is 5.02 Å². The fourth-order valence-electron chi connectivity index (χ4n) is 3.53. The Labute approximate surface area is 155 Å². The smallest absolute Gasteiger partial charge is 0.271 e. The van der Waals surface area contributed by atoms with Gasteiger partial charge in [0.2, 0.25) is 0 Å². The molecule has 134 valence electrons. The van der Waals surface area contributed by atoms with Crippen molar-refractivity contribution in [2.75, 3.05) is 18.0 Å². The van der Waals surface area contributed by atoms with Crippen molar-refractivity contribution >= 4 is 17.3 Å². The zero-order valence-corrected chi connectivity index (χ0v) is 15.9. The van der Waals surface area contributed by atoms with Gasteiger partial charge in [0.25, 0.3) is 5.56 Å². The topological polar surface area (TPSA) is 25.2 Å². The molecule has 0 unspecified atom stereocenters. The number of benzene rings is 1. The maximum Gasteiger partial charge on any atom is 0.271 e. The van der Waals surface area contributed by atoms with Crippen LogP contribution < -0.4 is 10.5 Å². The summed E-state index contributed by atoms with van der Waals surface area (Å²) in [6.07, 6.45) is 5.07. The fraction of sp³-hybridized carbons (Fsp3) is 0.476. The summed E-state index contributed by atoms with van der Waals surface area (Å²) in [5.41, 5.74) is 2.24. The van der Waals surface area contributed by atoms with Gasteiger partial charge in [-0.3, -0.25) is 4.79 Å². The number of nitrogens with zero attached hydrogens (tertiary/aromatic N) is 2. The molecule has 0 aliphatic carbocycles. The molecule has 0 atom stereocenters. The average Bonchev–Trinajstić information content (AvgIpc) is 2.64. The Morgan fingerprint density at radius 1 is 1.12 bits per heavy atom. The fourth-order valence-corrected chi connectivity index (χ4v) is 3.82. The van der Waals surface area contributed by atoms with Gasteiger partial charge in [-0.15, -0.1) is 0 Å². The van der Waals surface area contributed by atoms with Crippen molar-refractivity contribution in [3.05, 3.63) is 63.5 Å². The van der Waals surface area contributed by atoms with Gasteiger partial charge in [-0.2, -0.15) is 0 Å². The molecule has 3 rings (SSSR count). The SMILES string of the molecule is CC(C)CCn1ccc(N2CCC(c3ccccc3)CC2)c(Cl)c1=O. The molecule has 25 heavy (non-hydrogen) atoms. The maximum atomic E-state index is 12.5. The Bertz CT molecular complexity index is 746. The summed E-state index contributed by atoms with van der Waals surface area (Å²) < 4.78 is 1.74. The van der Waals surface area contributed by atoms with E-state index in [-0.39, 0.29) is 5.56 Å². The molecule has 0 spiro atoms. The molecule has 3 nitrogen and oxygen atoms in total. The van der Waals surface area contributed by atoms with Gasteiger partial charge in [-0.25, -0.2) is 0 Å². The van der Waals surface area contributed by atoms with Gasteiger partial charge in [-0.05, 0) is 42.7 Å². The zero-order chi connectivity index (χ0) is 17.8. The third-order valence-electron chi connectivity index (χ3n) is 5.14. The number of pyridine rings is 1. The number of piperidine rings is 1. The van der Waals surface area contributed by atoms with E-state index in [9.17, 15) is 4.79 Å². The molecule has 1 aromatic carbocycles. The largest absolute Gasteiger partial charge is 0.370 e. The predicted molar refractivity (Wildman–Crippen MR) is 106 cm³/mol. The van der Waals surface area contributed by atoms with Gasteiger partial charge in [0.05, 0.1) is 5.69 Å². The van der Waals surface area contributed by atoms with Crippen molar-refractivity contribution in [1.29, 1.82) is 0 Å². The van der Waals surface area contributed by atoms with E-state index < -0.39 is 0 Å². The van der Waals surface area contributed by atoms with Gasteiger partial charge in [-0.1, -0.05) is 55.8 Å². The summed E-state index contributed by atoms with van der Waals surface area (Å²) >= 11 is 6.43. The molecule has 0 bridgehead atoms. The first-order valence-electron chi connectivity index (χ1n) is 9.25. The molecule has 4 heteroatoms. The average molecular weight is 359 g/mol. The molecule has 1 aromatic heterocycles. The Balaban J connectivity index is 1.69. The van der Waals surface area contributed by atoms with Gasteiger partial charge < -0.3 is 9.47 Å². The van der Waals surface area contributed by atoms with E-state index in [0.717, 1.165) is 44.6 Å². The molecule has 2 aromatic rings. The normalized spacial score (nSPS) is 15.8. The summed E-state index contributed by atoms with van der Waals surface area (Å²) in [6, 6.07) is 12.7. The number of hydrogen-bond donors (Lipinski definition) is 0. The first-order valence-corrected chi connectivity index (χ1v) is 9.63. The first kappa shape index (κ1) is 18.1. The molecule has 1 aliphatic rings. The third kappa shape index (κ3) is 4.27. The Kier molecular flexibility index (Phi) is 5.85. The van der Waals surface area contributed by atoms with Crippen LogP contribution in [0.4, 0.5) is 5.69 Å². The van der Waals surface area contributed by atoms with Gasteiger partial charge >= 0.3 is 0 Å². The standard InChI is InChI=1S/C21H27ClN2O/c1-16(2)8-12-24-15-11-19(20(22)21(24)25)23-13-9-18(10-14-23)17-6-4-3-5-7-17/h3-7,11,15-16,18H,8-10,12-14H2,1-2H3. The maximum absolute atomic E-state index is 12.5. The summed E-state index contributed by atoms with van der Waals surface area (Å²) in [4.78, 5) is 14.8. The number of halogens is 1. The molecule has 0 N–H and O–H groups in total. The van der Waals surface area contributed by atoms with Crippen LogP contribution in [-0.4, -0.2) is 17.7 Å². The summed E-state index contributed by atoms with van der Waals surface area (Å²) in [6.45, 7) is 6.94. The van der Waals surface area contributed by atoms with Crippen molar-refractivity contribution in [3.63, 3.8) is 0 Å². The number of hydrogen-bond acceptors (Lipinski definition) is 2. The molecular formula is C21H27ClN2O. The Morgan fingerprint density at radius 2 is 1.80 bits per heavy atom. The van der Waals surface area contributed by atoms with Crippen molar-refractivity contribution in [1.82, 2.24) is 4.57 Å². The number of aromatic nitrogens is 1. The van der Waals surface area contributed by atoms with Gasteiger partial charge in [0.1, 0.15) is 5.02 Å². The minimum Gasteiger partial charge on any atom is -0.370 e.